The SMILES string of the molecule is COC(=O)CC1(CSCc2noc(C3CC3)n2)CC1. The maximum atomic E-state index is 11.3. The van der Waals surface area contributed by atoms with Crippen molar-refractivity contribution < 1.29 is 14.1 Å². The number of rotatable bonds is 7. The van der Waals surface area contributed by atoms with E-state index in [-0.39, 0.29) is 11.4 Å². The van der Waals surface area contributed by atoms with Gasteiger partial charge in [-0.3, -0.25) is 4.79 Å². The molecule has 2 fully saturated rings. The second-order valence-corrected chi connectivity index (χ2v) is 6.55. The molecule has 0 amide bonds. The number of hydrogen-bond acceptors (Lipinski definition) is 6. The summed E-state index contributed by atoms with van der Waals surface area (Å²) in [6.07, 6.45) is 5.13. The molecule has 0 aliphatic heterocycles. The van der Waals surface area contributed by atoms with E-state index >= 15 is 0 Å². The van der Waals surface area contributed by atoms with Gasteiger partial charge in [0.25, 0.3) is 0 Å². The van der Waals surface area contributed by atoms with Gasteiger partial charge >= 0.3 is 5.97 Å². The van der Waals surface area contributed by atoms with E-state index in [2.05, 4.69) is 10.1 Å². The number of carbonyl (C=O) groups is 1. The van der Waals surface area contributed by atoms with Gasteiger partial charge in [-0.2, -0.15) is 16.7 Å². The Morgan fingerprint density at radius 3 is 2.95 bits per heavy atom. The predicted molar refractivity (Wildman–Crippen MR) is 70.7 cm³/mol. The summed E-state index contributed by atoms with van der Waals surface area (Å²) in [6.45, 7) is 0. The van der Waals surface area contributed by atoms with Crippen LogP contribution < -0.4 is 0 Å². The highest BCUT2D eigenvalue weighted by Crippen LogP contribution is 2.51. The van der Waals surface area contributed by atoms with Crippen molar-refractivity contribution in [3.05, 3.63) is 11.7 Å². The number of aromatic nitrogens is 2. The number of methoxy groups -OCH3 is 1. The number of esters is 1. The minimum atomic E-state index is -0.103. The van der Waals surface area contributed by atoms with E-state index in [0.29, 0.717) is 12.3 Å². The first kappa shape index (κ1) is 13.0. The summed E-state index contributed by atoms with van der Waals surface area (Å²) in [5.74, 6) is 3.72. The van der Waals surface area contributed by atoms with Gasteiger partial charge in [0.2, 0.25) is 5.89 Å². The summed E-state index contributed by atoms with van der Waals surface area (Å²) in [4.78, 5) is 15.7. The molecule has 1 heterocycles. The molecule has 0 bridgehead atoms. The molecular weight excluding hydrogens is 264 g/mol. The van der Waals surface area contributed by atoms with Crippen molar-refractivity contribution in [3.63, 3.8) is 0 Å². The van der Waals surface area contributed by atoms with Gasteiger partial charge in [0.15, 0.2) is 5.82 Å². The minimum absolute atomic E-state index is 0.103. The maximum absolute atomic E-state index is 11.3. The molecule has 2 aliphatic carbocycles. The van der Waals surface area contributed by atoms with Crippen LogP contribution in [0.1, 0.15) is 49.7 Å². The van der Waals surface area contributed by atoms with E-state index in [4.69, 9.17) is 9.26 Å². The molecule has 1 aromatic heterocycles. The lowest BCUT2D eigenvalue weighted by atomic mass is 10.1. The lowest BCUT2D eigenvalue weighted by Crippen LogP contribution is -2.13. The fourth-order valence-electron chi connectivity index (χ4n) is 2.11. The Balaban J connectivity index is 1.43. The molecule has 0 radical (unpaired) electrons. The van der Waals surface area contributed by atoms with E-state index < -0.39 is 0 Å². The monoisotopic (exact) mass is 282 g/mol. The van der Waals surface area contributed by atoms with Crippen molar-refractivity contribution >= 4 is 17.7 Å². The molecule has 0 atom stereocenters. The molecule has 0 N–H and O–H groups in total. The first-order valence-electron chi connectivity index (χ1n) is 6.68. The van der Waals surface area contributed by atoms with Crippen molar-refractivity contribution in [2.75, 3.05) is 12.9 Å². The van der Waals surface area contributed by atoms with Crippen LogP contribution in [0.4, 0.5) is 0 Å². The standard InChI is InChI=1S/C13H18N2O3S/c1-17-11(16)6-13(4-5-13)8-19-7-10-14-12(18-15-10)9-2-3-9/h9H,2-8H2,1H3. The van der Waals surface area contributed by atoms with E-state index in [9.17, 15) is 4.79 Å². The molecule has 19 heavy (non-hydrogen) atoms. The largest absolute Gasteiger partial charge is 0.469 e. The summed E-state index contributed by atoms with van der Waals surface area (Å²) in [5, 5.41) is 4.00. The van der Waals surface area contributed by atoms with Crippen LogP contribution in [0.15, 0.2) is 4.52 Å². The smallest absolute Gasteiger partial charge is 0.306 e. The van der Waals surface area contributed by atoms with E-state index in [1.807, 2.05) is 0 Å². The van der Waals surface area contributed by atoms with Crippen LogP contribution in [-0.2, 0) is 15.3 Å². The van der Waals surface area contributed by atoms with Gasteiger partial charge in [0.05, 0.1) is 19.3 Å². The average molecular weight is 282 g/mol. The van der Waals surface area contributed by atoms with E-state index in [1.54, 1.807) is 11.8 Å². The lowest BCUT2D eigenvalue weighted by molar-refractivity contribution is -0.141. The number of nitrogens with zero attached hydrogens (tertiary/aromatic N) is 2. The fourth-order valence-corrected chi connectivity index (χ4v) is 3.33. The van der Waals surface area contributed by atoms with Gasteiger partial charge in [-0.15, -0.1) is 0 Å². The Labute approximate surface area is 116 Å². The van der Waals surface area contributed by atoms with Crippen molar-refractivity contribution in [1.29, 1.82) is 0 Å². The molecule has 0 spiro atoms. The van der Waals surface area contributed by atoms with Gasteiger partial charge in [-0.25, -0.2) is 0 Å². The average Bonchev–Trinajstić information content (AvgIpc) is 3.32. The molecule has 104 valence electrons. The summed E-state index contributed by atoms with van der Waals surface area (Å²) in [6, 6.07) is 0. The zero-order valence-electron chi connectivity index (χ0n) is 11.1. The molecule has 3 rings (SSSR count). The van der Waals surface area contributed by atoms with Gasteiger partial charge in [0, 0.05) is 5.92 Å². The number of ether oxygens (including phenoxy) is 1. The maximum Gasteiger partial charge on any atom is 0.306 e. The Kier molecular flexibility index (Phi) is 3.52. The molecule has 2 saturated carbocycles. The minimum Gasteiger partial charge on any atom is -0.469 e. The lowest BCUT2D eigenvalue weighted by Gasteiger charge is -2.11. The molecule has 0 unspecified atom stereocenters. The summed E-state index contributed by atoms with van der Waals surface area (Å²) < 4.78 is 9.96. The Bertz CT molecular complexity index is 466. The fraction of sp³-hybridized carbons (Fsp3) is 0.769. The molecule has 2 aliphatic rings. The van der Waals surface area contributed by atoms with Gasteiger partial charge in [-0.05, 0) is 36.9 Å². The summed E-state index contributed by atoms with van der Waals surface area (Å²) >= 11 is 1.78. The quantitative estimate of drug-likeness (QED) is 0.716. The van der Waals surface area contributed by atoms with Gasteiger partial charge in [-0.1, -0.05) is 5.16 Å². The summed E-state index contributed by atoms with van der Waals surface area (Å²) in [5.41, 5.74) is 0.167. The van der Waals surface area contributed by atoms with Crippen LogP contribution in [0, 0.1) is 5.41 Å². The second kappa shape index (κ2) is 5.15. The third-order valence-corrected chi connectivity index (χ3v) is 5.03. The number of hydrogen-bond donors (Lipinski definition) is 0. The van der Waals surface area contributed by atoms with Gasteiger partial charge in [0.1, 0.15) is 0 Å². The second-order valence-electron chi connectivity index (χ2n) is 5.57. The predicted octanol–water partition coefficient (Wildman–Crippen LogP) is 2.52. The van der Waals surface area contributed by atoms with Crippen molar-refractivity contribution in [2.45, 2.75) is 43.8 Å². The Morgan fingerprint density at radius 2 is 2.32 bits per heavy atom. The zero-order valence-corrected chi connectivity index (χ0v) is 11.9. The molecule has 5 nitrogen and oxygen atoms in total. The highest BCUT2D eigenvalue weighted by molar-refractivity contribution is 7.98. The van der Waals surface area contributed by atoms with Crippen LogP contribution in [0.25, 0.3) is 0 Å². The highest BCUT2D eigenvalue weighted by atomic mass is 32.2. The molecule has 1 aromatic rings. The number of thioether (sulfide) groups is 1. The Morgan fingerprint density at radius 1 is 1.53 bits per heavy atom. The number of carbonyl (C=O) groups excluding carboxylic acids is 1. The first-order valence-corrected chi connectivity index (χ1v) is 7.83. The van der Waals surface area contributed by atoms with Crippen molar-refractivity contribution in [3.8, 4) is 0 Å². The van der Waals surface area contributed by atoms with E-state index in [1.165, 1.54) is 20.0 Å². The van der Waals surface area contributed by atoms with Crippen LogP contribution in [-0.4, -0.2) is 29.0 Å². The molecule has 0 saturated heterocycles. The van der Waals surface area contributed by atoms with Crippen molar-refractivity contribution in [2.24, 2.45) is 5.41 Å². The molecule has 6 heteroatoms. The van der Waals surface area contributed by atoms with E-state index in [0.717, 1.165) is 36.1 Å². The zero-order chi connectivity index (χ0) is 13.3. The summed E-state index contributed by atoms with van der Waals surface area (Å²) in [7, 11) is 1.45. The highest BCUT2D eigenvalue weighted by Gasteiger charge is 2.44. The molecule has 0 aromatic carbocycles. The van der Waals surface area contributed by atoms with Crippen LogP contribution in [0.3, 0.4) is 0 Å². The van der Waals surface area contributed by atoms with Gasteiger partial charge < -0.3 is 9.26 Å². The van der Waals surface area contributed by atoms with Crippen LogP contribution >= 0.6 is 11.8 Å². The Hall–Kier alpha value is -1.04. The molecular formula is C13H18N2O3S. The van der Waals surface area contributed by atoms with Crippen LogP contribution in [0.2, 0.25) is 0 Å². The van der Waals surface area contributed by atoms with Crippen molar-refractivity contribution in [1.82, 2.24) is 10.1 Å². The first-order chi connectivity index (χ1) is 9.21. The topological polar surface area (TPSA) is 65.2 Å². The normalized spacial score (nSPS) is 20.3. The van der Waals surface area contributed by atoms with Crippen LogP contribution in [0.5, 0.6) is 0 Å². The third-order valence-electron chi connectivity index (χ3n) is 3.75. The third kappa shape index (κ3) is 3.29.